The predicted molar refractivity (Wildman–Crippen MR) is 86.5 cm³/mol. The number of nitrogens with two attached hydrogens (primary N) is 1. The summed E-state index contributed by atoms with van der Waals surface area (Å²) in [6.07, 6.45) is 1.44. The molecule has 0 fully saturated rings. The Balaban J connectivity index is 1.84. The molecule has 0 atom stereocenters. The number of halogens is 1. The van der Waals surface area contributed by atoms with E-state index in [9.17, 15) is 8.42 Å². The maximum Gasteiger partial charge on any atom is 0.242 e. The first-order valence-electron chi connectivity index (χ1n) is 6.60. The lowest BCUT2D eigenvalue weighted by atomic mass is 10.1. The number of benzene rings is 2. The van der Waals surface area contributed by atoms with Crippen LogP contribution in [-0.2, 0) is 22.9 Å². The van der Waals surface area contributed by atoms with E-state index in [1.54, 1.807) is 12.1 Å². The molecule has 6 heteroatoms. The van der Waals surface area contributed by atoms with Gasteiger partial charge in [-0.1, -0.05) is 24.3 Å². The zero-order valence-corrected chi connectivity index (χ0v) is 13.6. The van der Waals surface area contributed by atoms with Gasteiger partial charge in [-0.05, 0) is 58.1 Å². The molecule has 3 rings (SSSR count). The summed E-state index contributed by atoms with van der Waals surface area (Å²) in [5, 5.41) is 0. The molecule has 0 bridgehead atoms. The quantitative estimate of drug-likeness (QED) is 0.819. The molecule has 3 N–H and O–H groups in total. The van der Waals surface area contributed by atoms with Gasteiger partial charge in [-0.2, -0.15) is 0 Å². The molecule has 1 aliphatic carbocycles. The Bertz CT molecular complexity index is 765. The monoisotopic (exact) mass is 366 g/mol. The van der Waals surface area contributed by atoms with Crippen LogP contribution in [0.5, 0.6) is 0 Å². The van der Waals surface area contributed by atoms with Crippen molar-refractivity contribution in [3.8, 4) is 0 Å². The number of anilines is 1. The Morgan fingerprint density at radius 1 is 1.10 bits per heavy atom. The van der Waals surface area contributed by atoms with Crippen LogP contribution >= 0.6 is 15.9 Å². The topological polar surface area (TPSA) is 72.2 Å². The molecule has 0 amide bonds. The van der Waals surface area contributed by atoms with E-state index in [1.807, 2.05) is 24.3 Å². The lowest BCUT2D eigenvalue weighted by molar-refractivity contribution is 0.555. The Morgan fingerprint density at radius 2 is 1.71 bits per heavy atom. The highest BCUT2D eigenvalue weighted by molar-refractivity contribution is 9.10. The van der Waals surface area contributed by atoms with Crippen molar-refractivity contribution in [3.63, 3.8) is 0 Å². The predicted octanol–water partition coefficient (Wildman–Crippen LogP) is 2.48. The standard InChI is InChI=1S/C15H15BrN2O2S/c16-14-6-5-12(17)9-15(14)21(19,20)18-13-7-10-3-1-2-4-11(10)8-13/h1-6,9,13,18H,7-8,17H2. The molecule has 0 saturated carbocycles. The van der Waals surface area contributed by atoms with Crippen LogP contribution in [-0.4, -0.2) is 14.5 Å². The van der Waals surface area contributed by atoms with E-state index in [0.717, 1.165) is 12.8 Å². The number of fused-ring (bicyclic) bond motifs is 1. The van der Waals surface area contributed by atoms with E-state index < -0.39 is 10.0 Å². The van der Waals surface area contributed by atoms with Gasteiger partial charge in [0.25, 0.3) is 0 Å². The minimum absolute atomic E-state index is 0.110. The third-order valence-electron chi connectivity index (χ3n) is 3.62. The van der Waals surface area contributed by atoms with Gasteiger partial charge in [-0.25, -0.2) is 13.1 Å². The first kappa shape index (κ1) is 14.6. The van der Waals surface area contributed by atoms with Crippen LogP contribution in [0.25, 0.3) is 0 Å². The zero-order valence-electron chi connectivity index (χ0n) is 11.2. The van der Waals surface area contributed by atoms with Gasteiger partial charge in [0, 0.05) is 16.2 Å². The molecule has 0 aliphatic heterocycles. The Kier molecular flexibility index (Phi) is 3.77. The molecule has 1 aliphatic rings. The summed E-state index contributed by atoms with van der Waals surface area (Å²) in [5.41, 5.74) is 8.52. The van der Waals surface area contributed by atoms with E-state index >= 15 is 0 Å². The fraction of sp³-hybridized carbons (Fsp3) is 0.200. The first-order valence-corrected chi connectivity index (χ1v) is 8.87. The van der Waals surface area contributed by atoms with E-state index in [4.69, 9.17) is 5.73 Å². The van der Waals surface area contributed by atoms with Crippen LogP contribution in [0.4, 0.5) is 5.69 Å². The molecule has 110 valence electrons. The lowest BCUT2D eigenvalue weighted by Gasteiger charge is -2.14. The molecule has 2 aromatic rings. The minimum Gasteiger partial charge on any atom is -0.399 e. The third kappa shape index (κ3) is 2.97. The van der Waals surface area contributed by atoms with Gasteiger partial charge in [0.15, 0.2) is 0 Å². The van der Waals surface area contributed by atoms with Crippen molar-refractivity contribution in [2.24, 2.45) is 0 Å². The van der Waals surface area contributed by atoms with Gasteiger partial charge < -0.3 is 5.73 Å². The van der Waals surface area contributed by atoms with Gasteiger partial charge >= 0.3 is 0 Å². The Morgan fingerprint density at radius 3 is 2.33 bits per heavy atom. The molecular formula is C15H15BrN2O2S. The fourth-order valence-corrected chi connectivity index (χ4v) is 4.89. The molecule has 2 aromatic carbocycles. The van der Waals surface area contributed by atoms with Crippen molar-refractivity contribution >= 4 is 31.6 Å². The molecule has 0 unspecified atom stereocenters. The number of hydrogen-bond donors (Lipinski definition) is 2. The second-order valence-electron chi connectivity index (χ2n) is 5.19. The van der Waals surface area contributed by atoms with E-state index in [-0.39, 0.29) is 10.9 Å². The summed E-state index contributed by atoms with van der Waals surface area (Å²) >= 11 is 3.27. The maximum absolute atomic E-state index is 12.5. The highest BCUT2D eigenvalue weighted by atomic mass is 79.9. The fourth-order valence-electron chi connectivity index (χ4n) is 2.65. The largest absolute Gasteiger partial charge is 0.399 e. The number of sulfonamides is 1. The first-order chi connectivity index (χ1) is 9.95. The highest BCUT2D eigenvalue weighted by Gasteiger charge is 2.27. The Hall–Kier alpha value is -1.37. The zero-order chi connectivity index (χ0) is 15.0. The van der Waals surface area contributed by atoms with Crippen LogP contribution < -0.4 is 10.5 Å². The second-order valence-corrected chi connectivity index (χ2v) is 7.72. The van der Waals surface area contributed by atoms with Crippen molar-refractivity contribution in [1.82, 2.24) is 4.72 Å². The normalized spacial score (nSPS) is 15.1. The summed E-state index contributed by atoms with van der Waals surface area (Å²) in [4.78, 5) is 0.179. The average Bonchev–Trinajstić information content (AvgIpc) is 2.82. The number of nitrogens with one attached hydrogen (secondary N) is 1. The van der Waals surface area contributed by atoms with Crippen molar-refractivity contribution in [2.75, 3.05) is 5.73 Å². The smallest absolute Gasteiger partial charge is 0.242 e. The minimum atomic E-state index is -3.59. The van der Waals surface area contributed by atoms with E-state index in [1.165, 1.54) is 17.2 Å². The Labute approximate surface area is 132 Å². The van der Waals surface area contributed by atoms with Gasteiger partial charge in [0.1, 0.15) is 0 Å². The molecule has 21 heavy (non-hydrogen) atoms. The van der Waals surface area contributed by atoms with Crippen molar-refractivity contribution in [1.29, 1.82) is 0 Å². The van der Waals surface area contributed by atoms with Crippen molar-refractivity contribution in [3.05, 3.63) is 58.1 Å². The van der Waals surface area contributed by atoms with Crippen LogP contribution in [0.3, 0.4) is 0 Å². The summed E-state index contributed by atoms with van der Waals surface area (Å²) < 4.78 is 28.3. The van der Waals surface area contributed by atoms with Gasteiger partial charge in [0.2, 0.25) is 10.0 Å². The van der Waals surface area contributed by atoms with Crippen molar-refractivity contribution < 1.29 is 8.42 Å². The van der Waals surface area contributed by atoms with Gasteiger partial charge in [-0.15, -0.1) is 0 Å². The molecule has 0 aromatic heterocycles. The number of nitrogen functional groups attached to an aromatic ring is 1. The van der Waals surface area contributed by atoms with Crippen LogP contribution in [0.15, 0.2) is 51.8 Å². The average molecular weight is 367 g/mol. The summed E-state index contributed by atoms with van der Waals surface area (Å²) in [6.45, 7) is 0. The number of hydrogen-bond acceptors (Lipinski definition) is 3. The third-order valence-corrected chi connectivity index (χ3v) is 6.13. The van der Waals surface area contributed by atoms with Crippen molar-refractivity contribution in [2.45, 2.75) is 23.8 Å². The van der Waals surface area contributed by atoms with E-state index in [2.05, 4.69) is 20.7 Å². The second kappa shape index (κ2) is 5.44. The molecule has 0 heterocycles. The summed E-state index contributed by atoms with van der Waals surface area (Å²) in [5.74, 6) is 0. The SMILES string of the molecule is Nc1ccc(Br)c(S(=O)(=O)NC2Cc3ccccc3C2)c1. The number of rotatable bonds is 3. The lowest BCUT2D eigenvalue weighted by Crippen LogP contribution is -2.35. The maximum atomic E-state index is 12.5. The van der Waals surface area contributed by atoms with Crippen LogP contribution in [0, 0.1) is 0 Å². The molecule has 4 nitrogen and oxygen atoms in total. The highest BCUT2D eigenvalue weighted by Crippen LogP contribution is 2.27. The molecule has 0 saturated heterocycles. The van der Waals surface area contributed by atoms with Gasteiger partial charge in [0.05, 0.1) is 4.90 Å². The molecular weight excluding hydrogens is 352 g/mol. The van der Waals surface area contributed by atoms with Crippen LogP contribution in [0.1, 0.15) is 11.1 Å². The van der Waals surface area contributed by atoms with Gasteiger partial charge in [-0.3, -0.25) is 0 Å². The molecule has 0 radical (unpaired) electrons. The van der Waals surface area contributed by atoms with Crippen LogP contribution in [0.2, 0.25) is 0 Å². The van der Waals surface area contributed by atoms with E-state index in [0.29, 0.717) is 10.2 Å². The summed E-state index contributed by atoms with van der Waals surface area (Å²) in [6, 6.07) is 12.7. The molecule has 0 spiro atoms. The summed E-state index contributed by atoms with van der Waals surface area (Å²) in [7, 11) is -3.59.